The number of carbonyl (C=O) groups is 2. The molecule has 0 saturated carbocycles. The second kappa shape index (κ2) is 12.6. The fourth-order valence-corrected chi connectivity index (χ4v) is 5.53. The summed E-state index contributed by atoms with van der Waals surface area (Å²) in [5.41, 5.74) is 1.24. The van der Waals surface area contributed by atoms with Crippen LogP contribution in [-0.4, -0.2) is 33.4 Å². The van der Waals surface area contributed by atoms with Crippen LogP contribution in [0.5, 0.6) is 11.5 Å². The van der Waals surface area contributed by atoms with E-state index in [2.05, 4.69) is 26.0 Å². The van der Waals surface area contributed by atoms with Gasteiger partial charge in [0.15, 0.2) is 5.75 Å². The first kappa shape index (κ1) is 27.9. The summed E-state index contributed by atoms with van der Waals surface area (Å²) in [5, 5.41) is 2.74. The van der Waals surface area contributed by atoms with Crippen LogP contribution in [0.3, 0.4) is 0 Å². The maximum atomic E-state index is 13.4. The minimum atomic E-state index is -4.13. The predicted octanol–water partition coefficient (Wildman–Crippen LogP) is 5.21. The SMILES string of the molecule is COc1ccc(Br)cc1S(=O)(=O)Nc1ccccc1OC(=O)[C@@H](Cc1ccccc1)NC(=O)c1ccccc1. The zero-order chi connectivity index (χ0) is 27.8. The lowest BCUT2D eigenvalue weighted by molar-refractivity contribution is -0.136. The van der Waals surface area contributed by atoms with Crippen molar-refractivity contribution in [1.29, 1.82) is 0 Å². The Hall–Kier alpha value is -4.15. The Morgan fingerprint density at radius 1 is 0.846 bits per heavy atom. The van der Waals surface area contributed by atoms with E-state index in [4.69, 9.17) is 9.47 Å². The Bertz CT molecular complexity index is 1560. The van der Waals surface area contributed by atoms with Gasteiger partial charge in [-0.2, -0.15) is 0 Å². The van der Waals surface area contributed by atoms with Gasteiger partial charge in [0, 0.05) is 16.5 Å². The standard InChI is InChI=1S/C29H25BrN2O6S/c1-37-26-17-16-22(30)19-27(26)39(35,36)32-23-14-8-9-15-25(23)38-29(34)24(18-20-10-4-2-5-11-20)31-28(33)21-12-6-3-7-13-21/h2-17,19,24,32H,18H2,1H3,(H,31,33)/t24-/m1/s1. The molecule has 10 heteroatoms. The van der Waals surface area contributed by atoms with Crippen molar-refractivity contribution in [2.45, 2.75) is 17.4 Å². The molecule has 0 heterocycles. The summed E-state index contributed by atoms with van der Waals surface area (Å²) in [5.74, 6) is -1.07. The van der Waals surface area contributed by atoms with Crippen LogP contribution in [0.25, 0.3) is 0 Å². The Labute approximate surface area is 235 Å². The molecule has 0 aromatic heterocycles. The third kappa shape index (κ3) is 7.24. The van der Waals surface area contributed by atoms with E-state index in [1.165, 1.54) is 31.4 Å². The van der Waals surface area contributed by atoms with Crippen LogP contribution in [0.1, 0.15) is 15.9 Å². The lowest BCUT2D eigenvalue weighted by Gasteiger charge is -2.19. The van der Waals surface area contributed by atoms with Crippen LogP contribution < -0.4 is 19.5 Å². The summed E-state index contributed by atoms with van der Waals surface area (Å²) in [6.45, 7) is 0. The van der Waals surface area contributed by atoms with Gasteiger partial charge in [-0.15, -0.1) is 0 Å². The minimum absolute atomic E-state index is 0.0212. The number of hydrogen-bond acceptors (Lipinski definition) is 6. The highest BCUT2D eigenvalue weighted by molar-refractivity contribution is 9.10. The number of anilines is 1. The van der Waals surface area contributed by atoms with E-state index in [0.29, 0.717) is 10.0 Å². The van der Waals surface area contributed by atoms with E-state index < -0.39 is 27.9 Å². The van der Waals surface area contributed by atoms with Crippen LogP contribution in [0.2, 0.25) is 0 Å². The summed E-state index contributed by atoms with van der Waals surface area (Å²) >= 11 is 3.28. The fourth-order valence-electron chi connectivity index (χ4n) is 3.75. The van der Waals surface area contributed by atoms with E-state index in [1.807, 2.05) is 30.3 Å². The van der Waals surface area contributed by atoms with Crippen LogP contribution in [0.4, 0.5) is 5.69 Å². The van der Waals surface area contributed by atoms with Crippen molar-refractivity contribution in [3.8, 4) is 11.5 Å². The minimum Gasteiger partial charge on any atom is -0.495 e. The number of para-hydroxylation sites is 2. The number of esters is 1. The van der Waals surface area contributed by atoms with Gasteiger partial charge in [-0.05, 0) is 48.0 Å². The van der Waals surface area contributed by atoms with Gasteiger partial charge < -0.3 is 14.8 Å². The second-order valence-electron chi connectivity index (χ2n) is 8.40. The van der Waals surface area contributed by atoms with E-state index in [9.17, 15) is 18.0 Å². The van der Waals surface area contributed by atoms with Crippen molar-refractivity contribution in [3.05, 3.63) is 119 Å². The average Bonchev–Trinajstić information content (AvgIpc) is 2.94. The molecule has 0 radical (unpaired) electrons. The lowest BCUT2D eigenvalue weighted by Crippen LogP contribution is -2.44. The number of amides is 1. The molecule has 1 amide bonds. The molecule has 0 spiro atoms. The first-order valence-corrected chi connectivity index (χ1v) is 14.1. The summed E-state index contributed by atoms with van der Waals surface area (Å²) in [4.78, 5) is 26.2. The summed E-state index contributed by atoms with van der Waals surface area (Å²) in [7, 11) is -2.76. The Morgan fingerprint density at radius 3 is 2.18 bits per heavy atom. The number of nitrogens with one attached hydrogen (secondary N) is 2. The lowest BCUT2D eigenvalue weighted by atomic mass is 10.1. The van der Waals surface area contributed by atoms with E-state index in [-0.39, 0.29) is 28.5 Å². The number of sulfonamides is 1. The highest BCUT2D eigenvalue weighted by atomic mass is 79.9. The van der Waals surface area contributed by atoms with E-state index in [1.54, 1.807) is 48.5 Å². The monoisotopic (exact) mass is 608 g/mol. The predicted molar refractivity (Wildman–Crippen MR) is 151 cm³/mol. The Balaban J connectivity index is 1.59. The maximum absolute atomic E-state index is 13.4. The Kier molecular flexibility index (Phi) is 9.00. The second-order valence-corrected chi connectivity index (χ2v) is 11.0. The molecule has 39 heavy (non-hydrogen) atoms. The largest absolute Gasteiger partial charge is 0.495 e. The van der Waals surface area contributed by atoms with Gasteiger partial charge in [-0.1, -0.05) is 76.6 Å². The summed E-state index contributed by atoms with van der Waals surface area (Å²) in [6, 6.07) is 27.4. The molecule has 0 aliphatic heterocycles. The summed E-state index contributed by atoms with van der Waals surface area (Å²) < 4.78 is 40.4. The van der Waals surface area contributed by atoms with Gasteiger partial charge in [0.1, 0.15) is 16.7 Å². The molecule has 0 bridgehead atoms. The fraction of sp³-hybridized carbons (Fsp3) is 0.103. The molecule has 2 N–H and O–H groups in total. The normalized spacial score (nSPS) is 11.7. The van der Waals surface area contributed by atoms with Gasteiger partial charge >= 0.3 is 5.97 Å². The number of benzene rings is 4. The van der Waals surface area contributed by atoms with Crippen molar-refractivity contribution in [2.75, 3.05) is 11.8 Å². The van der Waals surface area contributed by atoms with Crippen molar-refractivity contribution < 1.29 is 27.5 Å². The molecule has 0 aliphatic carbocycles. The third-order valence-corrected chi connectivity index (χ3v) is 7.55. The van der Waals surface area contributed by atoms with Crippen LogP contribution in [0, 0.1) is 0 Å². The highest BCUT2D eigenvalue weighted by Crippen LogP contribution is 2.32. The molecule has 4 aromatic rings. The molecule has 1 atom stereocenters. The first-order valence-electron chi connectivity index (χ1n) is 11.8. The van der Waals surface area contributed by atoms with Crippen LogP contribution in [0.15, 0.2) is 112 Å². The van der Waals surface area contributed by atoms with Gasteiger partial charge in [-0.25, -0.2) is 13.2 Å². The zero-order valence-corrected chi connectivity index (χ0v) is 23.2. The molecule has 0 aliphatic rings. The molecular formula is C29H25BrN2O6S. The number of methoxy groups -OCH3 is 1. The number of halogens is 1. The molecule has 0 saturated heterocycles. The highest BCUT2D eigenvalue weighted by Gasteiger charge is 2.26. The number of ether oxygens (including phenoxy) is 2. The maximum Gasteiger partial charge on any atom is 0.334 e. The van der Waals surface area contributed by atoms with Gasteiger partial charge in [0.25, 0.3) is 15.9 Å². The Morgan fingerprint density at radius 2 is 1.49 bits per heavy atom. The topological polar surface area (TPSA) is 111 Å². The van der Waals surface area contributed by atoms with Crippen LogP contribution in [-0.2, 0) is 21.2 Å². The van der Waals surface area contributed by atoms with Crippen molar-refractivity contribution in [2.24, 2.45) is 0 Å². The molecule has 4 aromatic carbocycles. The number of rotatable bonds is 10. The quantitative estimate of drug-likeness (QED) is 0.189. The molecular weight excluding hydrogens is 584 g/mol. The smallest absolute Gasteiger partial charge is 0.334 e. The number of carbonyl (C=O) groups excluding carboxylic acids is 2. The third-order valence-electron chi connectivity index (χ3n) is 5.67. The van der Waals surface area contributed by atoms with Crippen LogP contribution >= 0.6 is 15.9 Å². The molecule has 0 fully saturated rings. The average molecular weight is 609 g/mol. The number of hydrogen-bond donors (Lipinski definition) is 2. The van der Waals surface area contributed by atoms with Crippen molar-refractivity contribution >= 4 is 43.5 Å². The molecule has 0 unspecified atom stereocenters. The van der Waals surface area contributed by atoms with Crippen molar-refractivity contribution in [3.63, 3.8) is 0 Å². The van der Waals surface area contributed by atoms with E-state index >= 15 is 0 Å². The van der Waals surface area contributed by atoms with Gasteiger partial charge in [0.2, 0.25) is 0 Å². The molecule has 4 rings (SSSR count). The van der Waals surface area contributed by atoms with Crippen molar-refractivity contribution in [1.82, 2.24) is 5.32 Å². The molecule has 200 valence electrons. The van der Waals surface area contributed by atoms with Gasteiger partial charge in [0.05, 0.1) is 12.8 Å². The van der Waals surface area contributed by atoms with E-state index in [0.717, 1.165) is 5.56 Å². The first-order chi connectivity index (χ1) is 18.8. The van der Waals surface area contributed by atoms with Gasteiger partial charge in [-0.3, -0.25) is 9.52 Å². The summed E-state index contributed by atoms with van der Waals surface area (Å²) in [6.07, 6.45) is 0.168. The zero-order valence-electron chi connectivity index (χ0n) is 20.8. The molecule has 8 nitrogen and oxygen atoms in total.